The van der Waals surface area contributed by atoms with Crippen LogP contribution in [-0.2, 0) is 26.9 Å². The van der Waals surface area contributed by atoms with E-state index in [9.17, 15) is 27.9 Å². The molecule has 1 unspecified atom stereocenters. The molecular formula is C22H19ClF3N3O5. The number of aromatic hydroxyl groups is 1. The van der Waals surface area contributed by atoms with Gasteiger partial charge in [0.2, 0.25) is 5.88 Å². The fourth-order valence-corrected chi connectivity index (χ4v) is 3.20. The van der Waals surface area contributed by atoms with Gasteiger partial charge in [0.15, 0.2) is 12.3 Å². The lowest BCUT2D eigenvalue weighted by atomic mass is 10.1. The minimum absolute atomic E-state index is 0.0316. The number of aromatic nitrogens is 2. The summed E-state index contributed by atoms with van der Waals surface area (Å²) in [5.74, 6) is -1.86. The normalized spacial score (nSPS) is 12.1. The number of alkyl halides is 3. The Kier molecular flexibility index (Phi) is 7.67. The number of amides is 1. The number of benzene rings is 2. The number of phenolic OH excluding ortho intramolecular Hbond substituents is 1. The van der Waals surface area contributed by atoms with Crippen LogP contribution in [0.3, 0.4) is 0 Å². The van der Waals surface area contributed by atoms with Crippen molar-refractivity contribution in [2.75, 3.05) is 13.7 Å². The van der Waals surface area contributed by atoms with Crippen molar-refractivity contribution in [2.24, 2.45) is 0 Å². The molecule has 8 nitrogen and oxygen atoms in total. The quantitative estimate of drug-likeness (QED) is 0.462. The van der Waals surface area contributed by atoms with Crippen LogP contribution in [0.25, 0.3) is 5.69 Å². The third-order valence-corrected chi connectivity index (χ3v) is 4.92. The number of carbonyl (C=O) groups excluding carboxylic acids is 2. The maximum atomic E-state index is 13.2. The zero-order chi connectivity index (χ0) is 24.9. The summed E-state index contributed by atoms with van der Waals surface area (Å²) in [6.07, 6.45) is -4.71. The Morgan fingerprint density at radius 2 is 1.85 bits per heavy atom. The van der Waals surface area contributed by atoms with Crippen LogP contribution in [0.15, 0.2) is 54.6 Å². The monoisotopic (exact) mass is 497 g/mol. The van der Waals surface area contributed by atoms with Gasteiger partial charge in [-0.25, -0.2) is 4.79 Å². The first-order valence-corrected chi connectivity index (χ1v) is 10.2. The molecule has 0 saturated heterocycles. The van der Waals surface area contributed by atoms with Crippen molar-refractivity contribution in [1.29, 1.82) is 0 Å². The summed E-state index contributed by atoms with van der Waals surface area (Å²) in [6, 6.07) is 11.6. The molecule has 0 bridgehead atoms. The van der Waals surface area contributed by atoms with Crippen LogP contribution in [0.4, 0.5) is 13.2 Å². The molecule has 34 heavy (non-hydrogen) atoms. The van der Waals surface area contributed by atoms with E-state index in [-0.39, 0.29) is 28.8 Å². The van der Waals surface area contributed by atoms with Gasteiger partial charge in [-0.15, -0.1) is 0 Å². The molecule has 180 valence electrons. The Morgan fingerprint density at radius 1 is 1.18 bits per heavy atom. The highest BCUT2D eigenvalue weighted by molar-refractivity contribution is 6.32. The third-order valence-electron chi connectivity index (χ3n) is 4.60. The van der Waals surface area contributed by atoms with Crippen molar-refractivity contribution in [1.82, 2.24) is 15.1 Å². The fourth-order valence-electron chi connectivity index (χ4n) is 2.98. The molecule has 0 radical (unpaired) electrons. The molecule has 2 N–H and O–H groups in total. The maximum absolute atomic E-state index is 13.2. The second kappa shape index (κ2) is 10.5. The third kappa shape index (κ3) is 6.19. The van der Waals surface area contributed by atoms with Gasteiger partial charge in [-0.1, -0.05) is 35.9 Å². The lowest BCUT2D eigenvalue weighted by molar-refractivity contribution is -0.145. The molecule has 0 spiro atoms. The van der Waals surface area contributed by atoms with Crippen molar-refractivity contribution in [3.8, 4) is 17.3 Å². The molecule has 3 rings (SSSR count). The van der Waals surface area contributed by atoms with Crippen LogP contribution >= 0.6 is 11.6 Å². The van der Waals surface area contributed by atoms with Crippen LogP contribution in [0.5, 0.6) is 11.6 Å². The standard InChI is InChI=1S/C22H19ClF3N3O5/c1-33-21(32)16(10-13-6-8-14(30)9-7-13)27-19(31)12-34-20-11-18(22(24,25)26)28-29(20)17-5-3-2-4-15(17)23/h2-9,11,16,30H,10,12H2,1H3,(H,27,31). The van der Waals surface area contributed by atoms with E-state index >= 15 is 0 Å². The smallest absolute Gasteiger partial charge is 0.435 e. The number of nitrogens with zero attached hydrogens (tertiary/aromatic N) is 2. The van der Waals surface area contributed by atoms with Crippen molar-refractivity contribution in [2.45, 2.75) is 18.6 Å². The number of rotatable bonds is 8. The van der Waals surface area contributed by atoms with Crippen LogP contribution in [0.1, 0.15) is 11.3 Å². The van der Waals surface area contributed by atoms with E-state index in [1.807, 2.05) is 0 Å². The number of ether oxygens (including phenoxy) is 2. The van der Waals surface area contributed by atoms with Crippen molar-refractivity contribution < 1.29 is 37.3 Å². The zero-order valence-corrected chi connectivity index (χ0v) is 18.4. The van der Waals surface area contributed by atoms with Gasteiger partial charge in [-0.05, 0) is 29.8 Å². The highest BCUT2D eigenvalue weighted by Crippen LogP contribution is 2.33. The molecule has 0 aliphatic rings. The summed E-state index contributed by atoms with van der Waals surface area (Å²) in [5, 5.41) is 15.4. The summed E-state index contributed by atoms with van der Waals surface area (Å²) in [6.45, 7) is -0.712. The van der Waals surface area contributed by atoms with E-state index in [4.69, 9.17) is 21.1 Å². The zero-order valence-electron chi connectivity index (χ0n) is 17.7. The molecule has 1 aromatic heterocycles. The van der Waals surface area contributed by atoms with E-state index in [0.717, 1.165) is 11.8 Å². The number of para-hydroxylation sites is 1. The number of methoxy groups -OCH3 is 1. The second-order valence-corrected chi connectivity index (χ2v) is 7.44. The largest absolute Gasteiger partial charge is 0.508 e. The topological polar surface area (TPSA) is 103 Å². The van der Waals surface area contributed by atoms with Gasteiger partial charge in [0.05, 0.1) is 17.8 Å². The Hall–Kier alpha value is -3.73. The Morgan fingerprint density at radius 3 is 2.47 bits per heavy atom. The molecule has 3 aromatic rings. The van der Waals surface area contributed by atoms with Gasteiger partial charge in [0.25, 0.3) is 5.91 Å². The van der Waals surface area contributed by atoms with E-state index in [2.05, 4.69) is 10.4 Å². The highest BCUT2D eigenvalue weighted by atomic mass is 35.5. The molecule has 12 heteroatoms. The average molecular weight is 498 g/mol. The fraction of sp³-hybridized carbons (Fsp3) is 0.227. The first kappa shape index (κ1) is 24.9. The van der Waals surface area contributed by atoms with E-state index in [0.29, 0.717) is 11.6 Å². The number of esters is 1. The van der Waals surface area contributed by atoms with Crippen LogP contribution in [0, 0.1) is 0 Å². The van der Waals surface area contributed by atoms with Gasteiger partial charge >= 0.3 is 12.1 Å². The number of nitrogens with one attached hydrogen (secondary N) is 1. The van der Waals surface area contributed by atoms with Gasteiger partial charge in [-0.2, -0.15) is 23.0 Å². The molecule has 2 aromatic carbocycles. The van der Waals surface area contributed by atoms with E-state index in [1.54, 1.807) is 24.3 Å². The summed E-state index contributed by atoms with van der Waals surface area (Å²) in [5.41, 5.74) is -0.488. The Balaban J connectivity index is 1.76. The van der Waals surface area contributed by atoms with Crippen molar-refractivity contribution >= 4 is 23.5 Å². The molecular weight excluding hydrogens is 479 g/mol. The number of carbonyl (C=O) groups is 2. The number of halogens is 4. The molecule has 0 saturated carbocycles. The molecule has 0 aliphatic carbocycles. The lowest BCUT2D eigenvalue weighted by Gasteiger charge is -2.17. The van der Waals surface area contributed by atoms with Gasteiger partial charge in [0, 0.05) is 12.5 Å². The second-order valence-electron chi connectivity index (χ2n) is 7.03. The summed E-state index contributed by atoms with van der Waals surface area (Å²) >= 11 is 6.08. The summed E-state index contributed by atoms with van der Waals surface area (Å²) in [4.78, 5) is 24.6. The predicted molar refractivity (Wildman–Crippen MR) is 115 cm³/mol. The Bertz CT molecular complexity index is 1170. The number of hydrogen-bond donors (Lipinski definition) is 2. The summed E-state index contributed by atoms with van der Waals surface area (Å²) in [7, 11) is 1.15. The summed E-state index contributed by atoms with van der Waals surface area (Å²) < 4.78 is 50.5. The van der Waals surface area contributed by atoms with Crippen LogP contribution < -0.4 is 10.1 Å². The maximum Gasteiger partial charge on any atom is 0.435 e. The van der Waals surface area contributed by atoms with Gasteiger partial charge < -0.3 is 19.9 Å². The van der Waals surface area contributed by atoms with Crippen LogP contribution in [0.2, 0.25) is 5.02 Å². The van der Waals surface area contributed by atoms with Crippen molar-refractivity contribution in [3.05, 3.63) is 70.9 Å². The number of phenols is 1. The first-order chi connectivity index (χ1) is 16.1. The van der Waals surface area contributed by atoms with E-state index in [1.165, 1.54) is 24.3 Å². The molecule has 0 aliphatic heterocycles. The molecule has 1 atom stereocenters. The van der Waals surface area contributed by atoms with Gasteiger partial charge in [0.1, 0.15) is 11.8 Å². The predicted octanol–water partition coefficient (Wildman–Crippen LogP) is 3.53. The average Bonchev–Trinajstić information content (AvgIpc) is 3.23. The van der Waals surface area contributed by atoms with E-state index < -0.39 is 36.4 Å². The lowest BCUT2D eigenvalue weighted by Crippen LogP contribution is -2.45. The highest BCUT2D eigenvalue weighted by Gasteiger charge is 2.36. The minimum atomic E-state index is -4.76. The SMILES string of the molecule is COC(=O)C(Cc1ccc(O)cc1)NC(=O)COc1cc(C(F)(F)F)nn1-c1ccccc1Cl. The molecule has 1 heterocycles. The van der Waals surface area contributed by atoms with Crippen LogP contribution in [-0.4, -0.2) is 46.5 Å². The number of hydrogen-bond acceptors (Lipinski definition) is 6. The van der Waals surface area contributed by atoms with Gasteiger partial charge in [-0.3, -0.25) is 4.79 Å². The molecule has 1 amide bonds. The van der Waals surface area contributed by atoms with Crippen molar-refractivity contribution in [3.63, 3.8) is 0 Å². The first-order valence-electron chi connectivity index (χ1n) is 9.78. The molecule has 0 fully saturated rings. The Labute approximate surface area is 196 Å². The minimum Gasteiger partial charge on any atom is -0.508 e.